The minimum atomic E-state index is -2.92. The van der Waals surface area contributed by atoms with E-state index < -0.39 is 29.3 Å². The molecule has 39 N–H and O–H groups in total. The lowest BCUT2D eigenvalue weighted by Crippen LogP contribution is -3.00. The molecule has 0 aromatic rings. The van der Waals surface area contributed by atoms with Crippen LogP contribution in [0.1, 0.15) is 180 Å². The Hall–Kier alpha value is -0.810. The summed E-state index contributed by atoms with van der Waals surface area (Å²) in [5, 5.41) is 101. The Morgan fingerprint density at radius 3 is 0.159 bits per heavy atom. The third-order valence-corrected chi connectivity index (χ3v) is 0. The van der Waals surface area contributed by atoms with Gasteiger partial charge < -0.3 is 140 Å². The van der Waals surface area contributed by atoms with Gasteiger partial charge in [0.2, 0.25) is 0 Å². The fourth-order valence-electron chi connectivity index (χ4n) is 0. The first-order valence-electron chi connectivity index (χ1n) is 23.1. The molecule has 0 saturated carbocycles. The maximum absolute atomic E-state index is 8.42. The molecular formula is C39H130B4FN13O12. The first-order chi connectivity index (χ1) is 29.4. The molecule has 0 aliphatic carbocycles. The van der Waals surface area contributed by atoms with Gasteiger partial charge in [0.15, 0.2) is 0 Å². The summed E-state index contributed by atoms with van der Waals surface area (Å²) >= 11 is 0. The number of rotatable bonds is 0. The maximum Gasteiger partial charge on any atom is 0.0786 e. The van der Waals surface area contributed by atoms with Gasteiger partial charge in [-0.1, -0.05) is 0 Å². The van der Waals surface area contributed by atoms with Crippen LogP contribution in [-0.4, -0.2) is 108 Å². The summed E-state index contributed by atoms with van der Waals surface area (Å²) in [7, 11) is -11.7. The molecule has 0 spiro atoms. The molecule has 0 aromatic heterocycles. The zero-order valence-electron chi connectivity index (χ0n) is 50.3. The first-order valence-corrected chi connectivity index (χ1v) is 23.1. The standard InChI is InChI=1S/13C3H9N.4BO3.FH/c13*1-3(2)4;4*2-1(3)4;/h13*3H,4H2,1-2H3;;;;;1H/q;;;;;;;;;;;;;4*-3;/p+12. The van der Waals surface area contributed by atoms with E-state index in [1.54, 1.807) is 0 Å². The van der Waals surface area contributed by atoms with Crippen LogP contribution in [0.5, 0.6) is 0 Å². The lowest BCUT2D eigenvalue weighted by atomic mass is 10.3. The van der Waals surface area contributed by atoms with Crippen LogP contribution >= 0.6 is 0 Å². The Labute approximate surface area is 426 Å². The van der Waals surface area contributed by atoms with Crippen LogP contribution in [0.15, 0.2) is 0 Å². The second kappa shape index (κ2) is 117. The van der Waals surface area contributed by atoms with Crippen molar-refractivity contribution in [1.29, 1.82) is 0 Å². The Kier molecular flexibility index (Phi) is 207. The monoisotopic (exact) mass is 1040 g/mol. The predicted molar refractivity (Wildman–Crippen MR) is 257 cm³/mol. The van der Waals surface area contributed by atoms with Crippen molar-refractivity contribution in [1.82, 2.24) is 0 Å². The molecule has 0 aromatic carbocycles. The quantitative estimate of drug-likeness (QED) is 0.101. The summed E-state index contributed by atoms with van der Waals surface area (Å²) in [6.45, 7) is 53.4. The van der Waals surface area contributed by atoms with E-state index in [4.69, 9.17) is 60.3 Å². The van der Waals surface area contributed by atoms with Gasteiger partial charge in [0, 0.05) is 0 Å². The summed E-state index contributed by atoms with van der Waals surface area (Å²) in [5.41, 5.74) is 47.3. The molecule has 0 aliphatic heterocycles. The molecule has 25 nitrogen and oxygen atoms in total. The summed E-state index contributed by atoms with van der Waals surface area (Å²) in [5.74, 6) is 0. The largest absolute Gasteiger partial charge is 1.00 e. The fourth-order valence-corrected chi connectivity index (χ4v) is 0. The number of hydrogen-bond donors (Lipinski definition) is 13. The SMILES string of the molecule is CC(C)[NH3+].CC(C)[NH3+].CC(C)[NH3+].CC(C)[NH3+].CC(C)[NH3+].CC(C)[NH3+].CC(C)[NH3+].CC(C)[NH3+].CC(C)[NH3+].CC(C)[NH3+].CC(C)[NH3+].CC(C)[NH3+].CC(C)[NH3+].[F-].[O-]B([O-])[O-].[O-]B([O-])[O-].[O-]B([O-])[O-].[O-]B([O-])[O-]. The third kappa shape index (κ3) is 435000. The normalized spacial score (nSPS) is 8.35. The van der Waals surface area contributed by atoms with Crippen LogP contribution in [0, 0.1) is 0 Å². The van der Waals surface area contributed by atoms with Crippen LogP contribution < -0.4 is 140 Å². The second-order valence-electron chi connectivity index (χ2n) is 19.3. The van der Waals surface area contributed by atoms with Gasteiger partial charge in [-0.15, -0.1) is 0 Å². The minimum Gasteiger partial charge on any atom is -1.00 e. The number of halogens is 1. The second-order valence-corrected chi connectivity index (χ2v) is 19.3. The van der Waals surface area contributed by atoms with E-state index in [-0.39, 0.29) is 4.70 Å². The lowest BCUT2D eigenvalue weighted by molar-refractivity contribution is -0.481. The molecule has 0 rings (SSSR count). The van der Waals surface area contributed by atoms with Crippen LogP contribution in [-0.2, 0) is 0 Å². The Balaban J connectivity index is -0.0000000250. The van der Waals surface area contributed by atoms with E-state index in [0.29, 0.717) is 78.5 Å². The molecule has 0 amide bonds. The van der Waals surface area contributed by atoms with E-state index >= 15 is 0 Å². The molecular weight excluding hydrogens is 905 g/mol. The highest BCUT2D eigenvalue weighted by Gasteiger charge is 1.76. The average Bonchev–Trinajstić information content (AvgIpc) is 2.87. The van der Waals surface area contributed by atoms with Crippen molar-refractivity contribution >= 4 is 29.3 Å². The van der Waals surface area contributed by atoms with Crippen molar-refractivity contribution in [3.05, 3.63) is 0 Å². The van der Waals surface area contributed by atoms with Crippen molar-refractivity contribution in [3.63, 3.8) is 0 Å². The van der Waals surface area contributed by atoms with Gasteiger partial charge in [0.25, 0.3) is 0 Å². The highest BCUT2D eigenvalue weighted by atomic mass is 19.0. The third-order valence-electron chi connectivity index (χ3n) is 0. The first kappa shape index (κ1) is 122. The van der Waals surface area contributed by atoms with Gasteiger partial charge in [0.1, 0.15) is 0 Å². The van der Waals surface area contributed by atoms with Crippen molar-refractivity contribution in [2.75, 3.05) is 0 Å². The molecule has 30 heteroatoms. The molecule has 0 radical (unpaired) electrons. The predicted octanol–water partition coefficient (Wildman–Crippen LogP) is -23.5. The van der Waals surface area contributed by atoms with Gasteiger partial charge in [-0.3, -0.25) is 29.3 Å². The molecule has 0 fully saturated rings. The fraction of sp³-hybridized carbons (Fsp3) is 1.00. The van der Waals surface area contributed by atoms with Gasteiger partial charge in [-0.05, 0) is 180 Å². The Morgan fingerprint density at radius 1 is 0.159 bits per heavy atom. The highest BCUT2D eigenvalue weighted by Crippen LogP contribution is 1.57. The summed E-state index contributed by atoms with van der Waals surface area (Å²) < 4.78 is 0. The van der Waals surface area contributed by atoms with E-state index in [1.165, 1.54) is 0 Å². The van der Waals surface area contributed by atoms with Gasteiger partial charge >= 0.3 is 0 Å². The summed E-state index contributed by atoms with van der Waals surface area (Å²) in [6, 6.07) is 7.58. The number of quaternary nitrogens is 13. The Bertz CT molecular complexity index is 406. The van der Waals surface area contributed by atoms with Crippen molar-refractivity contribution in [2.24, 2.45) is 0 Å². The average molecular weight is 1040 g/mol. The van der Waals surface area contributed by atoms with Crippen molar-refractivity contribution in [2.45, 2.75) is 259 Å². The van der Waals surface area contributed by atoms with Crippen LogP contribution in [0.2, 0.25) is 0 Å². The highest BCUT2D eigenvalue weighted by molar-refractivity contribution is 6.24. The van der Waals surface area contributed by atoms with Crippen molar-refractivity contribution < 1.29 is 140 Å². The molecule has 442 valence electrons. The van der Waals surface area contributed by atoms with E-state index in [2.05, 4.69) is 255 Å². The van der Waals surface area contributed by atoms with Gasteiger partial charge in [-0.25, -0.2) is 0 Å². The smallest absolute Gasteiger partial charge is 0.0786 e. The van der Waals surface area contributed by atoms with Crippen molar-refractivity contribution in [3.8, 4) is 0 Å². The van der Waals surface area contributed by atoms with E-state index in [1.807, 2.05) is 0 Å². The minimum absolute atomic E-state index is 0. The van der Waals surface area contributed by atoms with E-state index in [0.717, 1.165) is 0 Å². The molecule has 0 saturated heterocycles. The lowest BCUT2D eigenvalue weighted by Gasteiger charge is -2.35. The molecule has 0 aliphatic rings. The topological polar surface area (TPSA) is 636 Å². The molecule has 0 heterocycles. The van der Waals surface area contributed by atoms with Gasteiger partial charge in [-0.2, -0.15) is 0 Å². The van der Waals surface area contributed by atoms with Gasteiger partial charge in [0.05, 0.1) is 78.5 Å². The molecule has 0 unspecified atom stereocenters. The Morgan fingerprint density at radius 2 is 0.159 bits per heavy atom. The van der Waals surface area contributed by atoms with Crippen LogP contribution in [0.25, 0.3) is 0 Å². The molecule has 69 heavy (non-hydrogen) atoms. The number of hydrogen-bond acceptors (Lipinski definition) is 12. The van der Waals surface area contributed by atoms with Crippen LogP contribution in [0.4, 0.5) is 0 Å². The maximum atomic E-state index is 8.42. The zero-order chi connectivity index (χ0) is 60.8. The van der Waals surface area contributed by atoms with E-state index in [9.17, 15) is 0 Å². The summed E-state index contributed by atoms with van der Waals surface area (Å²) in [4.78, 5) is 0. The molecule has 0 atom stereocenters. The van der Waals surface area contributed by atoms with Crippen LogP contribution in [0.3, 0.4) is 0 Å². The zero-order valence-corrected chi connectivity index (χ0v) is 50.3. The summed E-state index contributed by atoms with van der Waals surface area (Å²) in [6.07, 6.45) is 0. The molecule has 0 bridgehead atoms.